The third-order valence-corrected chi connectivity index (χ3v) is 1.01. The first-order chi connectivity index (χ1) is 4.70. The van der Waals surface area contributed by atoms with Crippen LogP contribution in [-0.2, 0) is 4.79 Å². The van der Waals surface area contributed by atoms with E-state index in [1.165, 1.54) is 11.7 Å². The molecule has 10 heavy (non-hydrogen) atoms. The Kier molecular flexibility index (Phi) is 1.71. The molecule has 0 N–H and O–H groups in total. The van der Waals surface area contributed by atoms with Crippen molar-refractivity contribution in [1.82, 2.24) is 9.71 Å². The number of hydrogen-bond acceptors (Lipinski definition) is 3. The van der Waals surface area contributed by atoms with Crippen molar-refractivity contribution in [2.24, 2.45) is 0 Å². The Labute approximate surface area is 58.4 Å². The highest BCUT2D eigenvalue weighted by Crippen LogP contribution is 1.90. The van der Waals surface area contributed by atoms with Crippen LogP contribution < -0.4 is 4.84 Å². The molecular formula is C6H8N2O2. The normalized spacial score (nSPS) is 9.40. The largest absolute Gasteiger partial charge is 0.336 e. The van der Waals surface area contributed by atoms with Crippen molar-refractivity contribution >= 4 is 5.97 Å². The first kappa shape index (κ1) is 6.80. The summed E-state index contributed by atoms with van der Waals surface area (Å²) in [5.74, 6) is 0.316. The van der Waals surface area contributed by atoms with E-state index < -0.39 is 0 Å². The zero-order chi connectivity index (χ0) is 7.56. The number of rotatable bonds is 1. The van der Waals surface area contributed by atoms with Crippen LogP contribution in [-0.4, -0.2) is 15.7 Å². The molecule has 0 unspecified atom stereocenters. The number of imidazole rings is 1. The molecule has 0 aliphatic heterocycles. The van der Waals surface area contributed by atoms with Crippen LogP contribution in [0.15, 0.2) is 12.4 Å². The van der Waals surface area contributed by atoms with Crippen molar-refractivity contribution in [3.63, 3.8) is 0 Å². The van der Waals surface area contributed by atoms with E-state index in [4.69, 9.17) is 4.84 Å². The topological polar surface area (TPSA) is 44.1 Å². The van der Waals surface area contributed by atoms with Gasteiger partial charge in [0, 0.05) is 13.1 Å². The molecule has 1 aromatic heterocycles. The molecule has 4 nitrogen and oxygen atoms in total. The van der Waals surface area contributed by atoms with Crippen LogP contribution in [0.1, 0.15) is 12.7 Å². The van der Waals surface area contributed by atoms with Crippen LogP contribution in [0.25, 0.3) is 0 Å². The van der Waals surface area contributed by atoms with E-state index >= 15 is 0 Å². The Morgan fingerprint density at radius 1 is 1.80 bits per heavy atom. The maximum absolute atomic E-state index is 10.4. The standard InChI is InChI=1S/C6H8N2O2/c1-5-7-3-4-8(5)10-6(2)9/h3-4H,1-2H3. The number of aromatic nitrogens is 2. The molecule has 0 aromatic carbocycles. The fourth-order valence-corrected chi connectivity index (χ4v) is 0.602. The van der Waals surface area contributed by atoms with Gasteiger partial charge in [-0.1, -0.05) is 0 Å². The van der Waals surface area contributed by atoms with Crippen molar-refractivity contribution in [3.8, 4) is 0 Å². The van der Waals surface area contributed by atoms with Crippen molar-refractivity contribution < 1.29 is 9.63 Å². The lowest BCUT2D eigenvalue weighted by Crippen LogP contribution is -2.16. The van der Waals surface area contributed by atoms with Crippen LogP contribution in [0.4, 0.5) is 0 Å². The van der Waals surface area contributed by atoms with Gasteiger partial charge < -0.3 is 4.84 Å². The lowest BCUT2D eigenvalue weighted by atomic mass is 10.7. The number of aryl methyl sites for hydroxylation is 1. The molecule has 0 radical (unpaired) electrons. The second kappa shape index (κ2) is 2.51. The number of carbonyl (C=O) groups excluding carboxylic acids is 1. The summed E-state index contributed by atoms with van der Waals surface area (Å²) in [6.45, 7) is 3.10. The minimum Gasteiger partial charge on any atom is -0.336 e. The number of carbonyl (C=O) groups is 1. The predicted molar refractivity (Wildman–Crippen MR) is 34.2 cm³/mol. The lowest BCUT2D eigenvalue weighted by Gasteiger charge is -2.00. The van der Waals surface area contributed by atoms with Gasteiger partial charge in [0.05, 0.1) is 6.20 Å². The molecule has 1 rings (SSSR count). The molecular weight excluding hydrogens is 132 g/mol. The lowest BCUT2D eigenvalue weighted by molar-refractivity contribution is -0.141. The van der Waals surface area contributed by atoms with Gasteiger partial charge in [0.2, 0.25) is 0 Å². The quantitative estimate of drug-likeness (QED) is 0.558. The molecule has 0 bridgehead atoms. The fourth-order valence-electron chi connectivity index (χ4n) is 0.602. The molecule has 4 heteroatoms. The van der Waals surface area contributed by atoms with Crippen LogP contribution in [0, 0.1) is 6.92 Å². The molecule has 0 saturated heterocycles. The zero-order valence-corrected chi connectivity index (χ0v) is 5.87. The molecule has 0 saturated carbocycles. The van der Waals surface area contributed by atoms with Crippen molar-refractivity contribution in [3.05, 3.63) is 18.2 Å². The van der Waals surface area contributed by atoms with Crippen LogP contribution >= 0.6 is 0 Å². The van der Waals surface area contributed by atoms with Crippen LogP contribution in [0.5, 0.6) is 0 Å². The Morgan fingerprint density at radius 2 is 2.50 bits per heavy atom. The number of nitrogens with zero attached hydrogens (tertiary/aromatic N) is 2. The van der Waals surface area contributed by atoms with Gasteiger partial charge in [-0.05, 0) is 6.92 Å². The van der Waals surface area contributed by atoms with E-state index in [0.29, 0.717) is 5.82 Å². The summed E-state index contributed by atoms with van der Waals surface area (Å²) in [6.07, 6.45) is 3.15. The first-order valence-electron chi connectivity index (χ1n) is 2.89. The molecule has 0 spiro atoms. The smallest absolute Gasteiger partial charge is 0.329 e. The molecule has 0 amide bonds. The van der Waals surface area contributed by atoms with Crippen molar-refractivity contribution in [2.45, 2.75) is 13.8 Å². The minimum atomic E-state index is -0.346. The fraction of sp³-hybridized carbons (Fsp3) is 0.333. The Bertz CT molecular complexity index is 242. The molecule has 0 aliphatic carbocycles. The number of hydrogen-bond donors (Lipinski definition) is 0. The maximum Gasteiger partial charge on any atom is 0.329 e. The third kappa shape index (κ3) is 1.34. The van der Waals surface area contributed by atoms with Crippen molar-refractivity contribution in [1.29, 1.82) is 0 Å². The predicted octanol–water partition coefficient (Wildman–Crippen LogP) is 0.167. The maximum atomic E-state index is 10.4. The molecule has 1 aromatic rings. The first-order valence-corrected chi connectivity index (χ1v) is 2.89. The van der Waals surface area contributed by atoms with Gasteiger partial charge in [0.1, 0.15) is 5.82 Å². The SMILES string of the molecule is CC(=O)On1ccnc1C. The van der Waals surface area contributed by atoms with Crippen LogP contribution in [0.2, 0.25) is 0 Å². The highest BCUT2D eigenvalue weighted by molar-refractivity contribution is 5.66. The summed E-state index contributed by atoms with van der Waals surface area (Å²) in [7, 11) is 0. The van der Waals surface area contributed by atoms with Crippen LogP contribution in [0.3, 0.4) is 0 Å². The highest BCUT2D eigenvalue weighted by atomic mass is 16.7. The minimum absolute atomic E-state index is 0.346. The van der Waals surface area contributed by atoms with E-state index in [1.54, 1.807) is 19.3 Å². The summed E-state index contributed by atoms with van der Waals surface area (Å²) in [5, 5.41) is 0. The van der Waals surface area contributed by atoms with Gasteiger partial charge in [-0.2, -0.15) is 4.73 Å². The van der Waals surface area contributed by atoms with Gasteiger partial charge in [0.25, 0.3) is 0 Å². The van der Waals surface area contributed by atoms with Gasteiger partial charge in [-0.3, -0.25) is 0 Å². The second-order valence-electron chi connectivity index (χ2n) is 1.88. The summed E-state index contributed by atoms with van der Waals surface area (Å²) in [4.78, 5) is 18.9. The van der Waals surface area contributed by atoms with E-state index in [1.807, 2.05) is 0 Å². The van der Waals surface area contributed by atoms with Gasteiger partial charge in [0.15, 0.2) is 0 Å². The summed E-state index contributed by atoms with van der Waals surface area (Å²) in [6, 6.07) is 0. The van der Waals surface area contributed by atoms with E-state index in [-0.39, 0.29) is 5.97 Å². The van der Waals surface area contributed by atoms with Gasteiger partial charge in [-0.25, -0.2) is 9.78 Å². The van der Waals surface area contributed by atoms with E-state index in [2.05, 4.69) is 4.98 Å². The monoisotopic (exact) mass is 140 g/mol. The Balaban J connectivity index is 2.74. The average Bonchev–Trinajstić information content (AvgIpc) is 2.15. The third-order valence-electron chi connectivity index (χ3n) is 1.01. The van der Waals surface area contributed by atoms with Gasteiger partial charge >= 0.3 is 5.97 Å². The average molecular weight is 140 g/mol. The van der Waals surface area contributed by atoms with Crippen molar-refractivity contribution in [2.75, 3.05) is 0 Å². The molecule has 0 aliphatic rings. The molecule has 0 atom stereocenters. The molecule has 1 heterocycles. The molecule has 0 fully saturated rings. The Hall–Kier alpha value is -1.32. The van der Waals surface area contributed by atoms with E-state index in [9.17, 15) is 4.79 Å². The second-order valence-corrected chi connectivity index (χ2v) is 1.88. The summed E-state index contributed by atoms with van der Waals surface area (Å²) >= 11 is 0. The summed E-state index contributed by atoms with van der Waals surface area (Å²) in [5.41, 5.74) is 0. The molecule has 54 valence electrons. The zero-order valence-electron chi connectivity index (χ0n) is 5.87. The Morgan fingerprint density at radius 3 is 2.90 bits per heavy atom. The van der Waals surface area contributed by atoms with E-state index in [0.717, 1.165) is 0 Å². The highest BCUT2D eigenvalue weighted by Gasteiger charge is 1.98. The summed E-state index contributed by atoms with van der Waals surface area (Å²) < 4.78 is 1.32. The van der Waals surface area contributed by atoms with Gasteiger partial charge in [-0.15, -0.1) is 0 Å².